The molecule has 21 heavy (non-hydrogen) atoms. The van der Waals surface area contributed by atoms with Crippen molar-refractivity contribution in [2.24, 2.45) is 0 Å². The summed E-state index contributed by atoms with van der Waals surface area (Å²) in [6, 6.07) is 0. The van der Waals surface area contributed by atoms with Crippen LogP contribution in [0.3, 0.4) is 0 Å². The van der Waals surface area contributed by atoms with Gasteiger partial charge in [0.15, 0.2) is 17.7 Å². The van der Waals surface area contributed by atoms with Crippen LogP contribution >= 0.6 is 0 Å². The SMILES string of the molecule is CC1(C)OC[C@]2(OC[C@H]3OC4(CCCCC4)O[C@H]3C2=O)O1. The van der Waals surface area contributed by atoms with Crippen LogP contribution in [-0.4, -0.2) is 48.6 Å². The number of hydrogen-bond donors (Lipinski definition) is 0. The first-order chi connectivity index (χ1) is 9.94. The summed E-state index contributed by atoms with van der Waals surface area (Å²) in [7, 11) is 0. The molecule has 1 saturated carbocycles. The van der Waals surface area contributed by atoms with Crippen molar-refractivity contribution in [2.45, 2.75) is 75.5 Å². The van der Waals surface area contributed by atoms with Gasteiger partial charge < -0.3 is 23.7 Å². The molecule has 0 N–H and O–H groups in total. The highest BCUT2D eigenvalue weighted by Gasteiger charge is 2.63. The van der Waals surface area contributed by atoms with E-state index in [4.69, 9.17) is 23.7 Å². The molecule has 4 rings (SSSR count). The van der Waals surface area contributed by atoms with E-state index in [0.717, 1.165) is 25.7 Å². The molecule has 0 radical (unpaired) electrons. The number of carbonyl (C=O) groups excluding carboxylic acids is 1. The molecule has 3 heterocycles. The van der Waals surface area contributed by atoms with Gasteiger partial charge in [-0.05, 0) is 26.7 Å². The predicted molar refractivity (Wildman–Crippen MR) is 70.4 cm³/mol. The number of carbonyl (C=O) groups is 1. The first-order valence-electron chi connectivity index (χ1n) is 7.82. The Morgan fingerprint density at radius 3 is 2.48 bits per heavy atom. The lowest BCUT2D eigenvalue weighted by Gasteiger charge is -2.35. The fourth-order valence-electron chi connectivity index (χ4n) is 3.76. The Hall–Kier alpha value is -0.530. The molecule has 0 unspecified atom stereocenters. The first-order valence-corrected chi connectivity index (χ1v) is 7.82. The summed E-state index contributed by atoms with van der Waals surface area (Å²) in [5, 5.41) is 0. The van der Waals surface area contributed by atoms with Crippen LogP contribution in [0.15, 0.2) is 0 Å². The van der Waals surface area contributed by atoms with Gasteiger partial charge in [0.05, 0.1) is 6.61 Å². The fraction of sp³-hybridized carbons (Fsp3) is 0.933. The molecule has 1 aliphatic carbocycles. The van der Waals surface area contributed by atoms with Gasteiger partial charge in [0, 0.05) is 12.8 Å². The molecule has 6 nitrogen and oxygen atoms in total. The zero-order valence-electron chi connectivity index (χ0n) is 12.6. The molecule has 4 aliphatic rings. The lowest BCUT2D eigenvalue weighted by atomic mass is 9.94. The topological polar surface area (TPSA) is 63.2 Å². The maximum Gasteiger partial charge on any atom is 0.258 e. The van der Waals surface area contributed by atoms with Crippen LogP contribution in [0, 0.1) is 0 Å². The number of fused-ring (bicyclic) bond motifs is 1. The first kappa shape index (κ1) is 14.1. The Balaban J connectivity index is 1.55. The van der Waals surface area contributed by atoms with Gasteiger partial charge in [0.1, 0.15) is 12.7 Å². The summed E-state index contributed by atoms with van der Waals surface area (Å²) >= 11 is 0. The van der Waals surface area contributed by atoms with Crippen LogP contribution in [0.1, 0.15) is 46.0 Å². The molecule has 3 saturated heterocycles. The van der Waals surface area contributed by atoms with E-state index in [9.17, 15) is 4.79 Å². The minimum atomic E-state index is -1.33. The average Bonchev–Trinajstić information content (AvgIpc) is 2.95. The summed E-state index contributed by atoms with van der Waals surface area (Å²) in [6.07, 6.45) is 4.12. The van der Waals surface area contributed by atoms with Crippen molar-refractivity contribution in [1.29, 1.82) is 0 Å². The second-order valence-electron chi connectivity index (χ2n) is 6.88. The molecule has 0 bridgehead atoms. The third-order valence-electron chi connectivity index (χ3n) is 4.80. The highest BCUT2D eigenvalue weighted by atomic mass is 16.8. The molecule has 0 aromatic rings. The van der Waals surface area contributed by atoms with Gasteiger partial charge in [0.2, 0.25) is 5.78 Å². The van der Waals surface area contributed by atoms with Crippen molar-refractivity contribution >= 4 is 5.78 Å². The van der Waals surface area contributed by atoms with E-state index < -0.39 is 23.5 Å². The van der Waals surface area contributed by atoms with Gasteiger partial charge in [-0.3, -0.25) is 4.79 Å². The Morgan fingerprint density at radius 1 is 1.05 bits per heavy atom. The number of Topliss-reactive ketones (excluding diaryl/α,β-unsaturated/α-hetero) is 1. The number of rotatable bonds is 0. The quantitative estimate of drug-likeness (QED) is 0.675. The number of ether oxygens (including phenoxy) is 5. The fourth-order valence-corrected chi connectivity index (χ4v) is 3.76. The van der Waals surface area contributed by atoms with Crippen LogP contribution < -0.4 is 0 Å². The van der Waals surface area contributed by atoms with Crippen molar-refractivity contribution in [2.75, 3.05) is 13.2 Å². The molecule has 0 amide bonds. The van der Waals surface area contributed by atoms with Gasteiger partial charge in [-0.2, -0.15) is 0 Å². The zero-order valence-corrected chi connectivity index (χ0v) is 12.6. The molecule has 3 aliphatic heterocycles. The summed E-state index contributed by atoms with van der Waals surface area (Å²) in [6.45, 7) is 3.97. The lowest BCUT2D eigenvalue weighted by molar-refractivity contribution is -0.263. The monoisotopic (exact) mass is 298 g/mol. The summed E-state index contributed by atoms with van der Waals surface area (Å²) < 4.78 is 29.1. The van der Waals surface area contributed by atoms with Crippen molar-refractivity contribution < 1.29 is 28.5 Å². The summed E-state index contributed by atoms with van der Waals surface area (Å²) in [4.78, 5) is 12.8. The molecule has 6 heteroatoms. The van der Waals surface area contributed by atoms with Crippen molar-refractivity contribution in [3.63, 3.8) is 0 Å². The standard InChI is InChI=1S/C15H22O6/c1-13(2)18-9-15(21-13)12(16)11-10(8-17-15)19-14(20-11)6-4-3-5-7-14/h10-11H,3-9H2,1-2H3/t10-,11-,15+/m1/s1. The second-order valence-corrected chi connectivity index (χ2v) is 6.88. The van der Waals surface area contributed by atoms with Crippen LogP contribution in [0.4, 0.5) is 0 Å². The van der Waals surface area contributed by atoms with Gasteiger partial charge in [-0.25, -0.2) is 0 Å². The van der Waals surface area contributed by atoms with Crippen molar-refractivity contribution in [3.8, 4) is 0 Å². The highest BCUT2D eigenvalue weighted by molar-refractivity contribution is 5.92. The molecular weight excluding hydrogens is 276 g/mol. The van der Waals surface area contributed by atoms with E-state index in [0.29, 0.717) is 6.61 Å². The molecule has 118 valence electrons. The Morgan fingerprint density at radius 2 is 1.81 bits per heavy atom. The lowest BCUT2D eigenvalue weighted by Crippen LogP contribution is -2.58. The zero-order chi connectivity index (χ0) is 14.7. The van der Waals surface area contributed by atoms with Gasteiger partial charge >= 0.3 is 0 Å². The van der Waals surface area contributed by atoms with E-state index in [2.05, 4.69) is 0 Å². The normalized spacial score (nSPS) is 44.4. The molecule has 4 fully saturated rings. The molecule has 0 aromatic carbocycles. The van der Waals surface area contributed by atoms with Crippen LogP contribution in [0.25, 0.3) is 0 Å². The minimum Gasteiger partial charge on any atom is -0.344 e. The van der Waals surface area contributed by atoms with E-state index in [1.807, 2.05) is 0 Å². The molecule has 0 aromatic heterocycles. The maximum absolute atomic E-state index is 12.8. The Bertz CT molecular complexity index is 455. The van der Waals surface area contributed by atoms with Gasteiger partial charge in [-0.15, -0.1) is 0 Å². The Kier molecular flexibility index (Phi) is 3.01. The second kappa shape index (κ2) is 4.49. The van der Waals surface area contributed by atoms with Gasteiger partial charge in [0.25, 0.3) is 5.79 Å². The van der Waals surface area contributed by atoms with Crippen LogP contribution in [-0.2, 0) is 28.5 Å². The van der Waals surface area contributed by atoms with Crippen molar-refractivity contribution in [3.05, 3.63) is 0 Å². The molecule has 3 atom stereocenters. The minimum absolute atomic E-state index is 0.110. The van der Waals surface area contributed by atoms with E-state index in [1.165, 1.54) is 6.42 Å². The molecular formula is C15H22O6. The summed E-state index contributed by atoms with van der Waals surface area (Å²) in [5.41, 5.74) is 0. The van der Waals surface area contributed by atoms with Crippen LogP contribution in [0.5, 0.6) is 0 Å². The average molecular weight is 298 g/mol. The third kappa shape index (κ3) is 2.16. The smallest absolute Gasteiger partial charge is 0.258 e. The van der Waals surface area contributed by atoms with E-state index in [1.54, 1.807) is 13.8 Å². The highest BCUT2D eigenvalue weighted by Crippen LogP contribution is 2.46. The maximum atomic E-state index is 12.8. The third-order valence-corrected chi connectivity index (χ3v) is 4.80. The van der Waals surface area contributed by atoms with Crippen LogP contribution in [0.2, 0.25) is 0 Å². The Labute approximate surface area is 124 Å². The summed E-state index contributed by atoms with van der Waals surface area (Å²) in [5.74, 6) is -2.93. The van der Waals surface area contributed by atoms with E-state index in [-0.39, 0.29) is 18.5 Å². The molecule has 2 spiro atoms. The van der Waals surface area contributed by atoms with Crippen molar-refractivity contribution in [1.82, 2.24) is 0 Å². The van der Waals surface area contributed by atoms with E-state index >= 15 is 0 Å². The largest absolute Gasteiger partial charge is 0.344 e. The predicted octanol–water partition coefficient (Wildman–Crippen LogP) is 1.51. The van der Waals surface area contributed by atoms with Gasteiger partial charge in [-0.1, -0.05) is 6.42 Å². The number of ketones is 1. The number of hydrogen-bond acceptors (Lipinski definition) is 6.